The Morgan fingerprint density at radius 2 is 1.96 bits per heavy atom. The minimum Gasteiger partial charge on any atom is -0.389 e. The Morgan fingerprint density at radius 1 is 1.25 bits per heavy atom. The van der Waals surface area contributed by atoms with Gasteiger partial charge in [-0.15, -0.1) is 0 Å². The van der Waals surface area contributed by atoms with Gasteiger partial charge >= 0.3 is 0 Å². The Hall–Kier alpha value is -1.91. The fraction of sp³-hybridized carbons (Fsp3) is 0.450. The molecule has 0 radical (unpaired) electrons. The largest absolute Gasteiger partial charge is 0.389 e. The predicted octanol–water partition coefficient (Wildman–Crippen LogP) is 3.68. The van der Waals surface area contributed by atoms with Crippen molar-refractivity contribution < 1.29 is 9.63 Å². The number of piperidine rings is 1. The fourth-order valence-corrected chi connectivity index (χ4v) is 3.11. The molecule has 24 heavy (non-hydrogen) atoms. The van der Waals surface area contributed by atoms with Crippen LogP contribution in [0.4, 0.5) is 0 Å². The monoisotopic (exact) mass is 326 g/mol. The molecule has 1 fully saturated rings. The number of aliphatic hydroxyl groups is 1. The molecule has 1 aromatic heterocycles. The van der Waals surface area contributed by atoms with Crippen LogP contribution in [-0.4, -0.2) is 40.4 Å². The summed E-state index contributed by atoms with van der Waals surface area (Å²) in [5.41, 5.74) is 2.52. The van der Waals surface area contributed by atoms with Gasteiger partial charge in [-0.3, -0.25) is 4.90 Å². The lowest BCUT2D eigenvalue weighted by molar-refractivity contribution is -0.0224. The summed E-state index contributed by atoms with van der Waals surface area (Å²) in [4.78, 5) is 2.39. The Labute approximate surface area is 143 Å². The first-order chi connectivity index (χ1) is 11.5. The summed E-state index contributed by atoms with van der Waals surface area (Å²) < 4.78 is 5.46. The van der Waals surface area contributed by atoms with Gasteiger partial charge in [0.2, 0.25) is 0 Å². The van der Waals surface area contributed by atoms with E-state index in [1.54, 1.807) is 0 Å². The minimum atomic E-state index is -0.686. The van der Waals surface area contributed by atoms with E-state index >= 15 is 0 Å². The van der Waals surface area contributed by atoms with Gasteiger partial charge in [0.1, 0.15) is 11.5 Å². The van der Waals surface area contributed by atoms with E-state index in [9.17, 15) is 5.11 Å². The third kappa shape index (κ3) is 4.34. The summed E-state index contributed by atoms with van der Waals surface area (Å²) in [6.45, 7) is 7.04. The van der Waals surface area contributed by atoms with E-state index in [1.165, 1.54) is 5.57 Å². The standard InChI is InChI=1S/C20H26N2O2/c1-16(2)8-11-22-12-9-20(23,10-13-22)15-18-14-19(21-24-18)17-6-4-3-5-7-17/h3-8,14,23H,9-13,15H2,1-2H3. The van der Waals surface area contributed by atoms with Crippen molar-refractivity contribution in [3.05, 3.63) is 53.8 Å². The van der Waals surface area contributed by atoms with Crippen molar-refractivity contribution in [3.63, 3.8) is 0 Å². The summed E-state index contributed by atoms with van der Waals surface area (Å²) in [5.74, 6) is 0.758. The van der Waals surface area contributed by atoms with Crippen LogP contribution in [-0.2, 0) is 6.42 Å². The summed E-state index contributed by atoms with van der Waals surface area (Å²) >= 11 is 0. The van der Waals surface area contributed by atoms with Crippen molar-refractivity contribution >= 4 is 0 Å². The highest BCUT2D eigenvalue weighted by Crippen LogP contribution is 2.28. The van der Waals surface area contributed by atoms with E-state index in [0.717, 1.165) is 49.5 Å². The number of aromatic nitrogens is 1. The molecule has 1 aliphatic heterocycles. The van der Waals surface area contributed by atoms with Crippen LogP contribution in [0, 0.1) is 0 Å². The van der Waals surface area contributed by atoms with Crippen LogP contribution in [0.1, 0.15) is 32.4 Å². The summed E-state index contributed by atoms with van der Waals surface area (Å²) in [6, 6.07) is 11.9. The molecule has 0 unspecified atom stereocenters. The molecule has 0 atom stereocenters. The molecule has 3 rings (SSSR count). The Morgan fingerprint density at radius 3 is 2.62 bits per heavy atom. The summed E-state index contributed by atoms with van der Waals surface area (Å²) in [7, 11) is 0. The third-order valence-corrected chi connectivity index (χ3v) is 4.68. The highest BCUT2D eigenvalue weighted by atomic mass is 16.5. The summed E-state index contributed by atoms with van der Waals surface area (Å²) in [6.07, 6.45) is 4.31. The molecule has 0 spiro atoms. The molecule has 1 aliphatic rings. The van der Waals surface area contributed by atoms with Gasteiger partial charge in [-0.1, -0.05) is 47.1 Å². The highest BCUT2D eigenvalue weighted by Gasteiger charge is 2.33. The van der Waals surface area contributed by atoms with Crippen LogP contribution < -0.4 is 0 Å². The molecule has 0 amide bonds. The first kappa shape index (κ1) is 16.9. The van der Waals surface area contributed by atoms with Crippen molar-refractivity contribution in [1.29, 1.82) is 0 Å². The lowest BCUT2D eigenvalue weighted by atomic mass is 9.87. The zero-order valence-corrected chi connectivity index (χ0v) is 14.5. The zero-order chi connectivity index (χ0) is 17.0. The van der Waals surface area contributed by atoms with Crippen molar-refractivity contribution in [2.24, 2.45) is 0 Å². The van der Waals surface area contributed by atoms with Crippen LogP contribution >= 0.6 is 0 Å². The summed E-state index contributed by atoms with van der Waals surface area (Å²) in [5, 5.41) is 15.0. The van der Waals surface area contributed by atoms with E-state index in [2.05, 4.69) is 30.0 Å². The van der Waals surface area contributed by atoms with Crippen LogP contribution in [0.25, 0.3) is 11.3 Å². The number of nitrogens with zero attached hydrogens (tertiary/aromatic N) is 2. The first-order valence-electron chi connectivity index (χ1n) is 8.63. The topological polar surface area (TPSA) is 49.5 Å². The number of hydrogen-bond donors (Lipinski definition) is 1. The molecular formula is C20H26N2O2. The second kappa shape index (κ2) is 7.32. The van der Waals surface area contributed by atoms with Crippen LogP contribution in [0.2, 0.25) is 0 Å². The van der Waals surface area contributed by atoms with Gasteiger partial charge in [-0.25, -0.2) is 0 Å². The molecule has 2 aromatic rings. The third-order valence-electron chi connectivity index (χ3n) is 4.68. The van der Waals surface area contributed by atoms with Gasteiger partial charge in [0.25, 0.3) is 0 Å². The molecular weight excluding hydrogens is 300 g/mol. The fourth-order valence-electron chi connectivity index (χ4n) is 3.11. The van der Waals surface area contributed by atoms with E-state index < -0.39 is 5.60 Å². The molecule has 1 aromatic carbocycles. The van der Waals surface area contributed by atoms with Gasteiger partial charge < -0.3 is 9.63 Å². The Balaban J connectivity index is 1.59. The maximum absolute atomic E-state index is 10.9. The molecule has 4 nitrogen and oxygen atoms in total. The number of hydrogen-bond acceptors (Lipinski definition) is 4. The van der Waals surface area contributed by atoms with Crippen molar-refractivity contribution in [2.75, 3.05) is 19.6 Å². The Bertz CT molecular complexity index is 679. The molecule has 2 heterocycles. The predicted molar refractivity (Wildman–Crippen MR) is 95.7 cm³/mol. The molecule has 0 aliphatic carbocycles. The van der Waals surface area contributed by atoms with Gasteiger partial charge in [-0.2, -0.15) is 0 Å². The minimum absolute atomic E-state index is 0.531. The smallest absolute Gasteiger partial charge is 0.140 e. The number of benzene rings is 1. The van der Waals surface area contributed by atoms with Gasteiger partial charge in [-0.05, 0) is 26.7 Å². The quantitative estimate of drug-likeness (QED) is 0.852. The van der Waals surface area contributed by atoms with Crippen LogP contribution in [0.3, 0.4) is 0 Å². The average molecular weight is 326 g/mol. The first-order valence-corrected chi connectivity index (χ1v) is 8.63. The molecule has 128 valence electrons. The van der Waals surface area contributed by atoms with Crippen LogP contribution in [0.15, 0.2) is 52.6 Å². The molecule has 1 N–H and O–H groups in total. The van der Waals surface area contributed by atoms with E-state index in [4.69, 9.17) is 4.52 Å². The molecule has 0 bridgehead atoms. The number of allylic oxidation sites excluding steroid dienone is 1. The highest BCUT2D eigenvalue weighted by molar-refractivity contribution is 5.58. The molecule has 1 saturated heterocycles. The zero-order valence-electron chi connectivity index (χ0n) is 14.5. The lowest BCUT2D eigenvalue weighted by Crippen LogP contribution is -2.45. The normalized spacial score (nSPS) is 17.6. The molecule has 0 saturated carbocycles. The lowest BCUT2D eigenvalue weighted by Gasteiger charge is -2.37. The maximum atomic E-state index is 10.9. The van der Waals surface area contributed by atoms with Gasteiger partial charge in [0.15, 0.2) is 0 Å². The second-order valence-corrected chi connectivity index (χ2v) is 7.03. The maximum Gasteiger partial charge on any atom is 0.140 e. The Kier molecular flexibility index (Phi) is 5.17. The van der Waals surface area contributed by atoms with E-state index in [0.29, 0.717) is 6.42 Å². The van der Waals surface area contributed by atoms with E-state index in [1.807, 2.05) is 36.4 Å². The molecule has 4 heteroatoms. The van der Waals surface area contributed by atoms with Gasteiger partial charge in [0.05, 0.1) is 5.60 Å². The SMILES string of the molecule is CC(C)=CCN1CCC(O)(Cc2cc(-c3ccccc3)no2)CC1. The van der Waals surface area contributed by atoms with Gasteiger partial charge in [0, 0.05) is 37.7 Å². The number of rotatable bonds is 5. The second-order valence-electron chi connectivity index (χ2n) is 7.03. The number of likely N-dealkylation sites (tertiary alicyclic amines) is 1. The van der Waals surface area contributed by atoms with Crippen molar-refractivity contribution in [1.82, 2.24) is 10.1 Å². The van der Waals surface area contributed by atoms with E-state index in [-0.39, 0.29) is 0 Å². The van der Waals surface area contributed by atoms with Crippen molar-refractivity contribution in [3.8, 4) is 11.3 Å². The van der Waals surface area contributed by atoms with Crippen molar-refractivity contribution in [2.45, 2.75) is 38.7 Å². The van der Waals surface area contributed by atoms with Crippen LogP contribution in [0.5, 0.6) is 0 Å². The average Bonchev–Trinajstić information content (AvgIpc) is 3.03.